The molecule has 2 aromatic rings. The zero-order valence-electron chi connectivity index (χ0n) is 10.2. The first-order valence-corrected chi connectivity index (χ1v) is 6.69. The molecule has 0 atom stereocenters. The van der Waals surface area contributed by atoms with Gasteiger partial charge in [-0.05, 0) is 24.3 Å². The number of nitro groups is 1. The summed E-state index contributed by atoms with van der Waals surface area (Å²) in [5, 5.41) is 19.9. The highest BCUT2D eigenvalue weighted by atomic mass is 79.9. The monoisotopic (exact) mass is 371 g/mol. The van der Waals surface area contributed by atoms with Crippen molar-refractivity contribution in [2.24, 2.45) is 0 Å². The SMILES string of the molecule is O=C(O)c1cc(Br)cc(Oc2cc([N+](=O)[O-])ccc2Cl)c1. The molecule has 0 amide bonds. The van der Waals surface area contributed by atoms with Crippen molar-refractivity contribution < 1.29 is 19.6 Å². The standard InChI is InChI=1S/C13H7BrClNO5/c14-8-3-7(13(17)18)4-10(5-8)21-12-6-9(16(19)20)1-2-11(12)15/h1-6H,(H,17,18). The van der Waals surface area contributed by atoms with Crippen LogP contribution < -0.4 is 4.74 Å². The Bertz CT molecular complexity index is 734. The Morgan fingerprint density at radius 2 is 2.00 bits per heavy atom. The Morgan fingerprint density at radius 1 is 1.29 bits per heavy atom. The number of aromatic carboxylic acids is 1. The minimum absolute atomic E-state index is 0.0147. The fourth-order valence-electron chi connectivity index (χ4n) is 1.56. The van der Waals surface area contributed by atoms with E-state index in [4.69, 9.17) is 21.4 Å². The number of rotatable bonds is 4. The van der Waals surface area contributed by atoms with Crippen LogP contribution in [0.1, 0.15) is 10.4 Å². The predicted molar refractivity (Wildman–Crippen MR) is 79.3 cm³/mol. The molecule has 0 aromatic heterocycles. The molecular formula is C13H7BrClNO5. The molecular weight excluding hydrogens is 366 g/mol. The third-order valence-electron chi connectivity index (χ3n) is 2.47. The van der Waals surface area contributed by atoms with Crippen molar-refractivity contribution in [1.82, 2.24) is 0 Å². The number of carbonyl (C=O) groups is 1. The number of halogens is 2. The van der Waals surface area contributed by atoms with Gasteiger partial charge >= 0.3 is 5.97 Å². The third-order valence-corrected chi connectivity index (χ3v) is 3.24. The zero-order valence-corrected chi connectivity index (χ0v) is 12.6. The van der Waals surface area contributed by atoms with Gasteiger partial charge in [0.25, 0.3) is 5.69 Å². The average Bonchev–Trinajstić information content (AvgIpc) is 2.40. The lowest BCUT2D eigenvalue weighted by molar-refractivity contribution is -0.384. The summed E-state index contributed by atoms with van der Waals surface area (Å²) in [6.45, 7) is 0. The summed E-state index contributed by atoms with van der Waals surface area (Å²) < 4.78 is 5.94. The summed E-state index contributed by atoms with van der Waals surface area (Å²) in [5.74, 6) is -0.851. The molecule has 0 spiro atoms. The van der Waals surface area contributed by atoms with E-state index in [9.17, 15) is 14.9 Å². The van der Waals surface area contributed by atoms with Gasteiger partial charge in [-0.15, -0.1) is 0 Å². The first kappa shape index (κ1) is 15.3. The van der Waals surface area contributed by atoms with E-state index >= 15 is 0 Å². The lowest BCUT2D eigenvalue weighted by Crippen LogP contribution is -1.97. The van der Waals surface area contributed by atoms with E-state index in [1.54, 1.807) is 0 Å². The van der Waals surface area contributed by atoms with Gasteiger partial charge in [-0.25, -0.2) is 4.79 Å². The van der Waals surface area contributed by atoms with Crippen molar-refractivity contribution in [3.63, 3.8) is 0 Å². The summed E-state index contributed by atoms with van der Waals surface area (Å²) in [5.41, 5.74) is -0.163. The number of carboxylic acid groups (broad SMARTS) is 1. The van der Waals surface area contributed by atoms with Crippen LogP contribution in [0.4, 0.5) is 5.69 Å². The van der Waals surface area contributed by atoms with Crippen LogP contribution >= 0.6 is 27.5 Å². The van der Waals surface area contributed by atoms with Crippen LogP contribution in [0.2, 0.25) is 5.02 Å². The van der Waals surface area contributed by atoms with Gasteiger partial charge < -0.3 is 9.84 Å². The Balaban J connectivity index is 2.40. The topological polar surface area (TPSA) is 89.7 Å². The smallest absolute Gasteiger partial charge is 0.335 e. The van der Waals surface area contributed by atoms with Crippen LogP contribution in [0, 0.1) is 10.1 Å². The zero-order chi connectivity index (χ0) is 15.6. The number of ether oxygens (including phenoxy) is 1. The molecule has 0 aliphatic carbocycles. The van der Waals surface area contributed by atoms with E-state index < -0.39 is 10.9 Å². The van der Waals surface area contributed by atoms with Crippen molar-refractivity contribution in [2.45, 2.75) is 0 Å². The second-order valence-corrected chi connectivity index (χ2v) is 5.28. The van der Waals surface area contributed by atoms with Gasteiger partial charge in [0.15, 0.2) is 5.75 Å². The normalized spacial score (nSPS) is 10.2. The van der Waals surface area contributed by atoms with Gasteiger partial charge in [-0.3, -0.25) is 10.1 Å². The number of benzene rings is 2. The van der Waals surface area contributed by atoms with Gasteiger partial charge in [0, 0.05) is 10.5 Å². The molecule has 1 N–H and O–H groups in total. The average molecular weight is 373 g/mol. The van der Waals surface area contributed by atoms with E-state index in [2.05, 4.69) is 15.9 Å². The quantitative estimate of drug-likeness (QED) is 0.630. The van der Waals surface area contributed by atoms with E-state index in [-0.39, 0.29) is 27.8 Å². The van der Waals surface area contributed by atoms with Crippen molar-refractivity contribution in [1.29, 1.82) is 0 Å². The summed E-state index contributed by atoms with van der Waals surface area (Å²) in [7, 11) is 0. The predicted octanol–water partition coefficient (Wildman–Crippen LogP) is 4.50. The highest BCUT2D eigenvalue weighted by molar-refractivity contribution is 9.10. The maximum atomic E-state index is 11.0. The van der Waals surface area contributed by atoms with Gasteiger partial charge in [0.05, 0.1) is 21.6 Å². The molecule has 0 saturated carbocycles. The Kier molecular flexibility index (Phi) is 4.44. The number of hydrogen-bond acceptors (Lipinski definition) is 4. The molecule has 0 aliphatic heterocycles. The molecule has 108 valence electrons. The second-order valence-electron chi connectivity index (χ2n) is 3.95. The first-order chi connectivity index (χ1) is 9.86. The fraction of sp³-hybridized carbons (Fsp3) is 0. The number of nitrogens with zero attached hydrogens (tertiary/aromatic N) is 1. The summed E-state index contributed by atoms with van der Waals surface area (Å²) in [6.07, 6.45) is 0. The van der Waals surface area contributed by atoms with E-state index in [0.717, 1.165) is 0 Å². The van der Waals surface area contributed by atoms with Crippen LogP contribution in [0.3, 0.4) is 0 Å². The summed E-state index contributed by atoms with van der Waals surface area (Å²) >= 11 is 9.08. The molecule has 2 rings (SSSR count). The number of non-ortho nitro benzene ring substituents is 1. The van der Waals surface area contributed by atoms with E-state index in [1.807, 2.05) is 0 Å². The molecule has 2 aromatic carbocycles. The Hall–Kier alpha value is -2.12. The van der Waals surface area contributed by atoms with Crippen LogP contribution in [0.15, 0.2) is 40.9 Å². The largest absolute Gasteiger partial charge is 0.478 e. The second kappa shape index (κ2) is 6.11. The van der Waals surface area contributed by atoms with Gasteiger partial charge in [-0.2, -0.15) is 0 Å². The van der Waals surface area contributed by atoms with Crippen LogP contribution in [-0.4, -0.2) is 16.0 Å². The molecule has 0 bridgehead atoms. The molecule has 0 saturated heterocycles. The van der Waals surface area contributed by atoms with Crippen molar-refractivity contribution in [3.05, 3.63) is 61.6 Å². The van der Waals surface area contributed by atoms with E-state index in [1.165, 1.54) is 36.4 Å². The van der Waals surface area contributed by atoms with Gasteiger partial charge in [0.1, 0.15) is 5.75 Å². The Morgan fingerprint density at radius 3 is 2.62 bits per heavy atom. The molecule has 0 aliphatic rings. The summed E-state index contributed by atoms with van der Waals surface area (Å²) in [6, 6.07) is 7.99. The number of carboxylic acids is 1. The minimum Gasteiger partial charge on any atom is -0.478 e. The van der Waals surface area contributed by atoms with Crippen molar-refractivity contribution in [2.75, 3.05) is 0 Å². The molecule has 0 unspecified atom stereocenters. The van der Waals surface area contributed by atoms with Crippen molar-refractivity contribution >= 4 is 39.2 Å². The molecule has 0 radical (unpaired) electrons. The van der Waals surface area contributed by atoms with E-state index in [0.29, 0.717) is 4.47 Å². The maximum Gasteiger partial charge on any atom is 0.335 e. The minimum atomic E-state index is -1.12. The fourth-order valence-corrected chi connectivity index (χ4v) is 2.18. The number of hydrogen-bond donors (Lipinski definition) is 1. The van der Waals surface area contributed by atoms with Crippen LogP contribution in [-0.2, 0) is 0 Å². The summed E-state index contributed by atoms with van der Waals surface area (Å²) in [4.78, 5) is 21.1. The maximum absolute atomic E-state index is 11.0. The molecule has 0 heterocycles. The molecule has 6 nitrogen and oxygen atoms in total. The highest BCUT2D eigenvalue weighted by Crippen LogP contribution is 2.34. The third kappa shape index (κ3) is 3.71. The highest BCUT2D eigenvalue weighted by Gasteiger charge is 2.13. The van der Waals surface area contributed by atoms with Crippen LogP contribution in [0.25, 0.3) is 0 Å². The van der Waals surface area contributed by atoms with Crippen LogP contribution in [0.5, 0.6) is 11.5 Å². The molecule has 8 heteroatoms. The van der Waals surface area contributed by atoms with Crippen molar-refractivity contribution in [3.8, 4) is 11.5 Å². The Labute approximate surface area is 132 Å². The van der Waals surface area contributed by atoms with Gasteiger partial charge in [0.2, 0.25) is 0 Å². The first-order valence-electron chi connectivity index (χ1n) is 5.52. The lowest BCUT2D eigenvalue weighted by Gasteiger charge is -2.09. The van der Waals surface area contributed by atoms with Gasteiger partial charge in [-0.1, -0.05) is 27.5 Å². The molecule has 0 fully saturated rings. The lowest BCUT2D eigenvalue weighted by atomic mass is 10.2. The molecule has 21 heavy (non-hydrogen) atoms. The number of nitro benzene ring substituents is 1.